The van der Waals surface area contributed by atoms with Gasteiger partial charge in [-0.05, 0) is 42.5 Å². The number of fused-ring (bicyclic) bond motifs is 1. The third-order valence-electron chi connectivity index (χ3n) is 3.61. The van der Waals surface area contributed by atoms with E-state index in [-0.39, 0.29) is 11.9 Å². The zero-order valence-electron chi connectivity index (χ0n) is 13.0. The Labute approximate surface area is 138 Å². The number of nitrogens with zero attached hydrogens (tertiary/aromatic N) is 1. The van der Waals surface area contributed by atoms with Crippen molar-refractivity contribution in [2.45, 2.75) is 0 Å². The number of hydrogen-bond donors (Lipinski definition) is 4. The van der Waals surface area contributed by atoms with Crippen LogP contribution in [0.3, 0.4) is 0 Å². The van der Waals surface area contributed by atoms with Gasteiger partial charge < -0.3 is 21.2 Å². The van der Waals surface area contributed by atoms with E-state index in [4.69, 9.17) is 21.6 Å². The lowest BCUT2D eigenvalue weighted by Crippen LogP contribution is -2.38. The first kappa shape index (κ1) is 15.4. The van der Waals surface area contributed by atoms with Gasteiger partial charge in [-0.1, -0.05) is 0 Å². The monoisotopic (exact) mass is 323 g/mol. The van der Waals surface area contributed by atoms with Crippen molar-refractivity contribution in [3.63, 3.8) is 0 Å². The molecule has 7 nitrogen and oxygen atoms in total. The molecule has 0 fully saturated rings. The van der Waals surface area contributed by atoms with E-state index >= 15 is 0 Å². The zero-order chi connectivity index (χ0) is 17.3. The molecule has 0 aliphatic rings. The summed E-state index contributed by atoms with van der Waals surface area (Å²) >= 11 is 0. The van der Waals surface area contributed by atoms with E-state index in [1.54, 1.807) is 36.4 Å². The number of carbonyl (C=O) groups excluding carboxylic acids is 1. The maximum Gasteiger partial charge on any atom is 0.276 e. The zero-order valence-corrected chi connectivity index (χ0v) is 13.0. The molecule has 1 heterocycles. The average molecular weight is 323 g/mol. The van der Waals surface area contributed by atoms with Crippen molar-refractivity contribution in [3.8, 4) is 11.5 Å². The molecule has 0 atom stereocenters. The fourth-order valence-corrected chi connectivity index (χ4v) is 2.25. The number of amides is 1. The topological polar surface area (TPSA) is 121 Å². The number of benzene rings is 2. The third kappa shape index (κ3) is 3.00. The van der Waals surface area contributed by atoms with Crippen molar-refractivity contribution in [3.05, 3.63) is 54.2 Å². The molecule has 0 spiro atoms. The molecule has 7 heteroatoms. The molecular formula is C17H17N5O2. The Morgan fingerprint density at radius 1 is 1.12 bits per heavy atom. The van der Waals surface area contributed by atoms with Crippen LogP contribution in [0.2, 0.25) is 0 Å². The molecule has 24 heavy (non-hydrogen) atoms. The summed E-state index contributed by atoms with van der Waals surface area (Å²) in [4.78, 5) is 16.3. The number of aromatic nitrogens is 1. The second-order valence-corrected chi connectivity index (χ2v) is 5.35. The number of nitrogens with two attached hydrogens (primary N) is 2. The van der Waals surface area contributed by atoms with Crippen LogP contribution in [0, 0.1) is 5.41 Å². The van der Waals surface area contributed by atoms with E-state index in [1.165, 1.54) is 7.05 Å². The minimum Gasteiger partial charge on any atom is -0.457 e. The number of nitrogens with one attached hydrogen (secondary N) is 2. The smallest absolute Gasteiger partial charge is 0.276 e. The quantitative estimate of drug-likeness (QED) is 0.336. The normalized spacial score (nSPS) is 10.5. The number of ether oxygens (including phenoxy) is 1. The summed E-state index contributed by atoms with van der Waals surface area (Å²) in [5, 5.41) is 8.19. The Bertz CT molecular complexity index is 914. The Hall–Kier alpha value is -3.48. The highest BCUT2D eigenvalue weighted by molar-refractivity contribution is 6.05. The number of anilines is 1. The van der Waals surface area contributed by atoms with Crippen LogP contribution in [-0.2, 0) is 0 Å². The Morgan fingerprint density at radius 2 is 1.79 bits per heavy atom. The Balaban J connectivity index is 1.87. The van der Waals surface area contributed by atoms with Crippen LogP contribution >= 0.6 is 0 Å². The fourth-order valence-electron chi connectivity index (χ4n) is 2.25. The van der Waals surface area contributed by atoms with Crippen LogP contribution in [0.1, 0.15) is 10.5 Å². The predicted molar refractivity (Wildman–Crippen MR) is 93.2 cm³/mol. The maximum absolute atomic E-state index is 12.2. The number of guanidine groups is 1. The van der Waals surface area contributed by atoms with Gasteiger partial charge in [-0.25, -0.2) is 0 Å². The molecule has 0 radical (unpaired) electrons. The first-order valence-electron chi connectivity index (χ1n) is 7.22. The number of aromatic amines is 1. The molecule has 0 aliphatic heterocycles. The Kier molecular flexibility index (Phi) is 3.83. The number of H-pyrrole nitrogens is 1. The van der Waals surface area contributed by atoms with E-state index in [2.05, 4.69) is 4.98 Å². The van der Waals surface area contributed by atoms with Gasteiger partial charge >= 0.3 is 0 Å². The van der Waals surface area contributed by atoms with Crippen molar-refractivity contribution in [1.29, 1.82) is 5.41 Å². The molecule has 3 aromatic rings. The number of carbonyl (C=O) groups is 1. The fraction of sp³-hybridized carbons (Fsp3) is 0.0588. The molecule has 1 aromatic heterocycles. The van der Waals surface area contributed by atoms with E-state index in [9.17, 15) is 4.79 Å². The Morgan fingerprint density at radius 3 is 2.46 bits per heavy atom. The van der Waals surface area contributed by atoms with Crippen LogP contribution < -0.4 is 16.2 Å². The molecule has 3 rings (SSSR count). The van der Waals surface area contributed by atoms with Gasteiger partial charge in [-0.2, -0.15) is 0 Å². The minimum atomic E-state index is -0.375. The third-order valence-corrected chi connectivity index (χ3v) is 3.61. The van der Waals surface area contributed by atoms with Crippen LogP contribution in [0.15, 0.2) is 48.5 Å². The molecule has 0 unspecified atom stereocenters. The molecule has 0 bridgehead atoms. The van der Waals surface area contributed by atoms with E-state index in [0.717, 1.165) is 15.8 Å². The summed E-state index contributed by atoms with van der Waals surface area (Å²) in [6, 6.07) is 14.3. The van der Waals surface area contributed by atoms with Gasteiger partial charge in [0.1, 0.15) is 17.2 Å². The first-order valence-corrected chi connectivity index (χ1v) is 7.22. The summed E-state index contributed by atoms with van der Waals surface area (Å²) in [7, 11) is 1.45. The SMILES string of the molecule is CN(C(=N)N)C(=O)c1cc2ccc(Oc3ccc(N)cc3)cc2[nH]1. The second-order valence-electron chi connectivity index (χ2n) is 5.35. The van der Waals surface area contributed by atoms with Crippen LogP contribution in [0.5, 0.6) is 11.5 Å². The van der Waals surface area contributed by atoms with Gasteiger partial charge in [0.2, 0.25) is 0 Å². The molecule has 0 aliphatic carbocycles. The lowest BCUT2D eigenvalue weighted by molar-refractivity contribution is 0.0864. The molecule has 122 valence electrons. The molecule has 6 N–H and O–H groups in total. The lowest BCUT2D eigenvalue weighted by atomic mass is 10.2. The van der Waals surface area contributed by atoms with Crippen LogP contribution in [-0.4, -0.2) is 28.8 Å². The van der Waals surface area contributed by atoms with Crippen molar-refractivity contribution in [2.24, 2.45) is 5.73 Å². The largest absolute Gasteiger partial charge is 0.457 e. The van der Waals surface area contributed by atoms with E-state index in [1.807, 2.05) is 12.1 Å². The first-order chi connectivity index (χ1) is 11.4. The number of hydrogen-bond acceptors (Lipinski definition) is 4. The standard InChI is InChI=1S/C17H17N5O2/c1-22(17(19)20)16(23)15-8-10-2-5-13(9-14(10)21-15)24-12-6-3-11(18)4-7-12/h2-9,21H,18H2,1H3,(H3,19,20). The van der Waals surface area contributed by atoms with Gasteiger partial charge in [0, 0.05) is 29.7 Å². The molecule has 2 aromatic carbocycles. The summed E-state index contributed by atoms with van der Waals surface area (Å²) in [5.41, 5.74) is 12.8. The van der Waals surface area contributed by atoms with Crippen LogP contribution in [0.4, 0.5) is 5.69 Å². The summed E-state index contributed by atoms with van der Waals surface area (Å²) in [6.07, 6.45) is 0. The van der Waals surface area contributed by atoms with Crippen molar-refractivity contribution in [2.75, 3.05) is 12.8 Å². The van der Waals surface area contributed by atoms with Crippen molar-refractivity contribution in [1.82, 2.24) is 9.88 Å². The van der Waals surface area contributed by atoms with Gasteiger partial charge in [0.25, 0.3) is 5.91 Å². The molecule has 0 saturated heterocycles. The number of nitrogen functional groups attached to an aromatic ring is 1. The van der Waals surface area contributed by atoms with Crippen molar-refractivity contribution >= 4 is 28.5 Å². The minimum absolute atomic E-state index is 0.314. The summed E-state index contributed by atoms with van der Waals surface area (Å²) < 4.78 is 5.77. The van der Waals surface area contributed by atoms with E-state index < -0.39 is 0 Å². The highest BCUT2D eigenvalue weighted by Gasteiger charge is 2.16. The highest BCUT2D eigenvalue weighted by atomic mass is 16.5. The van der Waals surface area contributed by atoms with Gasteiger partial charge in [-0.15, -0.1) is 0 Å². The maximum atomic E-state index is 12.2. The van der Waals surface area contributed by atoms with Gasteiger partial charge in [0.05, 0.1) is 0 Å². The molecule has 1 amide bonds. The lowest BCUT2D eigenvalue weighted by Gasteiger charge is -2.12. The van der Waals surface area contributed by atoms with Crippen LogP contribution in [0.25, 0.3) is 10.9 Å². The van der Waals surface area contributed by atoms with E-state index in [0.29, 0.717) is 22.9 Å². The second kappa shape index (κ2) is 5.96. The van der Waals surface area contributed by atoms with Crippen molar-refractivity contribution < 1.29 is 9.53 Å². The number of rotatable bonds is 3. The highest BCUT2D eigenvalue weighted by Crippen LogP contribution is 2.26. The predicted octanol–water partition coefficient (Wildman–Crippen LogP) is 2.51. The molecule has 0 saturated carbocycles. The average Bonchev–Trinajstić information content (AvgIpc) is 2.98. The summed E-state index contributed by atoms with van der Waals surface area (Å²) in [6.45, 7) is 0. The van der Waals surface area contributed by atoms with Gasteiger partial charge in [-0.3, -0.25) is 15.1 Å². The molecular weight excluding hydrogens is 306 g/mol. The van der Waals surface area contributed by atoms with Gasteiger partial charge in [0.15, 0.2) is 5.96 Å². The summed E-state index contributed by atoms with van der Waals surface area (Å²) in [5.74, 6) is 0.612.